The largest absolute Gasteiger partial charge is 0.467 e. The van der Waals surface area contributed by atoms with E-state index in [2.05, 4.69) is 24.3 Å². The van der Waals surface area contributed by atoms with Crippen LogP contribution in [0.3, 0.4) is 0 Å². The minimum Gasteiger partial charge on any atom is -0.467 e. The van der Waals surface area contributed by atoms with Gasteiger partial charge in [-0.25, -0.2) is 0 Å². The maximum atomic E-state index is 12.7. The molecule has 1 aromatic carbocycles. The minimum atomic E-state index is 0.0447. The van der Waals surface area contributed by atoms with Crippen molar-refractivity contribution < 1.29 is 9.21 Å². The summed E-state index contributed by atoms with van der Waals surface area (Å²) in [4.78, 5) is 17.7. The fourth-order valence-electron chi connectivity index (χ4n) is 2.70. The molecule has 5 heteroatoms. The predicted molar refractivity (Wildman–Crippen MR) is 93.8 cm³/mol. The Morgan fingerprint density at radius 3 is 2.96 bits per heavy atom. The van der Waals surface area contributed by atoms with Crippen LogP contribution < -0.4 is 0 Å². The first-order valence-electron chi connectivity index (χ1n) is 7.35. The molecular weight excluding hydrogens is 326 g/mol. The van der Waals surface area contributed by atoms with Crippen LogP contribution in [-0.2, 0) is 12.3 Å². The lowest BCUT2D eigenvalue weighted by molar-refractivity contribution is 0.0780. The van der Waals surface area contributed by atoms with Crippen LogP contribution in [0.2, 0.25) is 0 Å². The smallest absolute Gasteiger partial charge is 0.264 e. The maximum absolute atomic E-state index is 12.7. The second kappa shape index (κ2) is 5.91. The molecule has 1 aliphatic heterocycles. The highest BCUT2D eigenvalue weighted by molar-refractivity contribution is 7.98. The Morgan fingerprint density at radius 1 is 1.26 bits per heavy atom. The Morgan fingerprint density at radius 2 is 2.13 bits per heavy atom. The summed E-state index contributed by atoms with van der Waals surface area (Å²) in [7, 11) is 1.81. The lowest BCUT2D eigenvalue weighted by Gasteiger charge is -2.14. The van der Waals surface area contributed by atoms with Gasteiger partial charge in [0.15, 0.2) is 0 Å². The molecular formula is C18H15NO2S2. The highest BCUT2D eigenvalue weighted by Crippen LogP contribution is 2.45. The molecule has 0 unspecified atom stereocenters. The Balaban J connectivity index is 1.62. The number of amides is 1. The molecule has 3 aromatic rings. The molecule has 3 nitrogen and oxygen atoms in total. The minimum absolute atomic E-state index is 0.0447. The average molecular weight is 341 g/mol. The van der Waals surface area contributed by atoms with Gasteiger partial charge in [-0.05, 0) is 29.8 Å². The van der Waals surface area contributed by atoms with Crippen LogP contribution in [0.5, 0.6) is 0 Å². The number of rotatable bonds is 3. The first kappa shape index (κ1) is 14.6. The zero-order valence-corrected chi connectivity index (χ0v) is 14.2. The molecule has 0 spiro atoms. The van der Waals surface area contributed by atoms with E-state index in [1.54, 1.807) is 22.5 Å². The summed E-state index contributed by atoms with van der Waals surface area (Å²) < 4.78 is 5.32. The Bertz CT molecular complexity index is 852. The van der Waals surface area contributed by atoms with Gasteiger partial charge < -0.3 is 9.32 Å². The standard InChI is InChI=1S/C18H15NO2S2/c1-19(10-13-5-4-8-21-13)18(20)16-9-12-11-22-15-7-3-2-6-14(15)17(12)23-16/h2-9H,10-11H2,1H3. The summed E-state index contributed by atoms with van der Waals surface area (Å²) in [6.45, 7) is 0.486. The monoisotopic (exact) mass is 341 g/mol. The number of hydrogen-bond acceptors (Lipinski definition) is 4. The summed E-state index contributed by atoms with van der Waals surface area (Å²) >= 11 is 3.43. The second-order valence-corrected chi connectivity index (χ2v) is 7.56. The number of hydrogen-bond donors (Lipinski definition) is 0. The summed E-state index contributed by atoms with van der Waals surface area (Å²) in [5.74, 6) is 1.77. The van der Waals surface area contributed by atoms with Gasteiger partial charge in [0, 0.05) is 28.1 Å². The maximum Gasteiger partial charge on any atom is 0.264 e. The van der Waals surface area contributed by atoms with Gasteiger partial charge in [0.25, 0.3) is 5.91 Å². The zero-order valence-electron chi connectivity index (χ0n) is 12.6. The topological polar surface area (TPSA) is 33.5 Å². The lowest BCUT2D eigenvalue weighted by Crippen LogP contribution is -2.25. The van der Waals surface area contributed by atoms with Gasteiger partial charge in [-0.3, -0.25) is 4.79 Å². The van der Waals surface area contributed by atoms with Crippen LogP contribution in [0.4, 0.5) is 0 Å². The predicted octanol–water partition coefficient (Wildman–Crippen LogP) is 4.89. The first-order chi connectivity index (χ1) is 11.2. The van der Waals surface area contributed by atoms with Gasteiger partial charge in [0.05, 0.1) is 17.7 Å². The molecule has 0 atom stereocenters. The van der Waals surface area contributed by atoms with Crippen LogP contribution in [-0.4, -0.2) is 17.9 Å². The van der Waals surface area contributed by atoms with Crippen LogP contribution in [0.25, 0.3) is 10.4 Å². The molecule has 0 bridgehead atoms. The van der Waals surface area contributed by atoms with E-state index in [1.165, 1.54) is 20.9 Å². The van der Waals surface area contributed by atoms with E-state index in [4.69, 9.17) is 4.42 Å². The van der Waals surface area contributed by atoms with Gasteiger partial charge >= 0.3 is 0 Å². The number of fused-ring (bicyclic) bond motifs is 3. The van der Waals surface area contributed by atoms with Crippen LogP contribution in [0.15, 0.2) is 58.0 Å². The fraction of sp³-hybridized carbons (Fsp3) is 0.167. The van der Waals surface area contributed by atoms with Gasteiger partial charge in [-0.2, -0.15) is 0 Å². The second-order valence-electron chi connectivity index (χ2n) is 5.49. The van der Waals surface area contributed by atoms with E-state index < -0.39 is 0 Å². The molecule has 23 heavy (non-hydrogen) atoms. The molecule has 1 aliphatic rings. The van der Waals surface area contributed by atoms with Gasteiger partial charge in [-0.15, -0.1) is 23.1 Å². The van der Waals surface area contributed by atoms with Crippen molar-refractivity contribution in [3.63, 3.8) is 0 Å². The third-order valence-electron chi connectivity index (χ3n) is 3.85. The average Bonchev–Trinajstić information content (AvgIpc) is 3.23. The van der Waals surface area contributed by atoms with Crippen molar-refractivity contribution in [1.82, 2.24) is 4.90 Å². The molecule has 116 valence electrons. The molecule has 2 aromatic heterocycles. The van der Waals surface area contributed by atoms with Gasteiger partial charge in [0.1, 0.15) is 5.76 Å². The first-order valence-corrected chi connectivity index (χ1v) is 9.15. The summed E-state index contributed by atoms with van der Waals surface area (Å²) in [5, 5.41) is 0. The molecule has 0 saturated heterocycles. The number of carbonyl (C=O) groups is 1. The summed E-state index contributed by atoms with van der Waals surface area (Å²) in [5.41, 5.74) is 2.50. The SMILES string of the molecule is CN(Cc1ccco1)C(=O)c1cc2c(s1)-c1ccccc1SC2. The highest BCUT2D eigenvalue weighted by Gasteiger charge is 2.23. The lowest BCUT2D eigenvalue weighted by atomic mass is 10.1. The normalized spacial score (nSPS) is 12.6. The van der Waals surface area contributed by atoms with Crippen molar-refractivity contribution in [3.05, 3.63) is 64.9 Å². The van der Waals surface area contributed by atoms with E-state index in [1.807, 2.05) is 37.0 Å². The Kier molecular flexibility index (Phi) is 3.75. The fourth-order valence-corrected chi connectivity index (χ4v) is 5.11. The van der Waals surface area contributed by atoms with E-state index in [9.17, 15) is 4.79 Å². The highest BCUT2D eigenvalue weighted by atomic mass is 32.2. The molecule has 0 radical (unpaired) electrons. The number of thioether (sulfide) groups is 1. The van der Waals surface area contributed by atoms with Crippen molar-refractivity contribution in [3.8, 4) is 10.4 Å². The van der Waals surface area contributed by atoms with E-state index in [-0.39, 0.29) is 5.91 Å². The van der Waals surface area contributed by atoms with Crippen LogP contribution in [0, 0.1) is 0 Å². The number of carbonyl (C=O) groups excluding carboxylic acids is 1. The summed E-state index contributed by atoms with van der Waals surface area (Å²) in [6, 6.07) is 14.2. The van der Waals surface area contributed by atoms with Crippen LogP contribution >= 0.6 is 23.1 Å². The molecule has 0 aliphatic carbocycles. The summed E-state index contributed by atoms with van der Waals surface area (Å²) in [6.07, 6.45) is 1.63. The molecule has 4 rings (SSSR count). The van der Waals surface area contributed by atoms with Crippen molar-refractivity contribution in [2.45, 2.75) is 17.2 Å². The quantitative estimate of drug-likeness (QED) is 0.680. The Hall–Kier alpha value is -1.98. The van der Waals surface area contributed by atoms with Gasteiger partial charge in [-0.1, -0.05) is 18.2 Å². The number of nitrogens with zero attached hydrogens (tertiary/aromatic N) is 1. The molecule has 0 fully saturated rings. The third kappa shape index (κ3) is 2.71. The van der Waals surface area contributed by atoms with Crippen molar-refractivity contribution in [2.24, 2.45) is 0 Å². The number of thiophene rings is 1. The zero-order chi connectivity index (χ0) is 15.8. The van der Waals surface area contributed by atoms with Gasteiger partial charge in [0.2, 0.25) is 0 Å². The Labute approximate surface area is 142 Å². The van der Waals surface area contributed by atoms with Crippen molar-refractivity contribution in [1.29, 1.82) is 0 Å². The third-order valence-corrected chi connectivity index (χ3v) is 6.18. The van der Waals surface area contributed by atoms with Crippen LogP contribution in [0.1, 0.15) is 21.0 Å². The van der Waals surface area contributed by atoms with E-state index >= 15 is 0 Å². The van der Waals surface area contributed by atoms with E-state index in [0.717, 1.165) is 16.4 Å². The number of furan rings is 1. The van der Waals surface area contributed by atoms with Crippen molar-refractivity contribution >= 4 is 29.0 Å². The molecule has 0 saturated carbocycles. The van der Waals surface area contributed by atoms with E-state index in [0.29, 0.717) is 6.54 Å². The molecule has 0 N–H and O–H groups in total. The number of benzene rings is 1. The van der Waals surface area contributed by atoms with Crippen molar-refractivity contribution in [2.75, 3.05) is 7.05 Å². The molecule has 1 amide bonds. The molecule has 3 heterocycles.